The molecular weight excluding hydrogens is 289 g/mol. The van der Waals surface area contributed by atoms with Crippen LogP contribution in [0.15, 0.2) is 12.1 Å². The van der Waals surface area contributed by atoms with Crippen LogP contribution in [-0.2, 0) is 16.1 Å². The van der Waals surface area contributed by atoms with Gasteiger partial charge in [0.1, 0.15) is 10.3 Å². The van der Waals surface area contributed by atoms with Crippen molar-refractivity contribution < 1.29 is 9.53 Å². The summed E-state index contributed by atoms with van der Waals surface area (Å²) in [5, 5.41) is 0.641. The van der Waals surface area contributed by atoms with E-state index in [2.05, 4.69) is 4.98 Å². The normalized spacial score (nSPS) is 12.7. The maximum Gasteiger partial charge on any atom is 0.234 e. The first-order valence-electron chi connectivity index (χ1n) is 5.78. The number of hydrogen-bond donors (Lipinski definition) is 1. The summed E-state index contributed by atoms with van der Waals surface area (Å²) in [5.74, 6) is -0.387. The lowest BCUT2D eigenvalue weighted by atomic mass is 10.2. The summed E-state index contributed by atoms with van der Waals surface area (Å²) in [6.45, 7) is 3.33. The molecule has 5 nitrogen and oxygen atoms in total. The highest BCUT2D eigenvalue weighted by atomic mass is 35.5. The number of halogens is 2. The van der Waals surface area contributed by atoms with E-state index >= 15 is 0 Å². The van der Waals surface area contributed by atoms with Gasteiger partial charge >= 0.3 is 0 Å². The number of ether oxygens (including phenoxy) is 1. The number of nitrogens with two attached hydrogens (primary N) is 1. The van der Waals surface area contributed by atoms with Crippen LogP contribution in [0.3, 0.4) is 0 Å². The fourth-order valence-electron chi connectivity index (χ4n) is 1.64. The standard InChI is InChI=1S/C12H17Cl2N3O2/c1-8(12(15)18)17(3-4-19-2)7-9-5-10(13)16-11(14)6-9/h5-6,8H,3-4,7H2,1-2H3,(H2,15,18)/t8-/m0/s1. The van der Waals surface area contributed by atoms with E-state index in [9.17, 15) is 4.79 Å². The number of nitrogens with zero attached hydrogens (tertiary/aromatic N) is 2. The van der Waals surface area contributed by atoms with Gasteiger partial charge in [0.15, 0.2) is 0 Å². The third-order valence-corrected chi connectivity index (χ3v) is 3.14. The monoisotopic (exact) mass is 305 g/mol. The van der Waals surface area contributed by atoms with Crippen molar-refractivity contribution in [1.82, 2.24) is 9.88 Å². The van der Waals surface area contributed by atoms with E-state index in [1.807, 2.05) is 4.90 Å². The lowest BCUT2D eigenvalue weighted by molar-refractivity contribution is -0.123. The number of carbonyl (C=O) groups excluding carboxylic acids is 1. The fourth-order valence-corrected chi connectivity index (χ4v) is 2.14. The van der Waals surface area contributed by atoms with Crippen LogP contribution in [0.4, 0.5) is 0 Å². The van der Waals surface area contributed by atoms with Crippen LogP contribution in [0.5, 0.6) is 0 Å². The SMILES string of the molecule is COCCN(Cc1cc(Cl)nc(Cl)c1)[C@@H](C)C(N)=O. The van der Waals surface area contributed by atoms with Gasteiger partial charge in [-0.05, 0) is 24.6 Å². The number of carbonyl (C=O) groups is 1. The van der Waals surface area contributed by atoms with E-state index < -0.39 is 6.04 Å². The summed E-state index contributed by atoms with van der Waals surface area (Å²) in [4.78, 5) is 17.1. The second kappa shape index (κ2) is 7.65. The van der Waals surface area contributed by atoms with Crippen LogP contribution in [0, 0.1) is 0 Å². The first-order chi connectivity index (χ1) is 8.93. The molecule has 0 aliphatic carbocycles. The fraction of sp³-hybridized carbons (Fsp3) is 0.500. The molecular formula is C12H17Cl2N3O2. The molecule has 106 valence electrons. The van der Waals surface area contributed by atoms with Gasteiger partial charge in [0.2, 0.25) is 5.91 Å². The topological polar surface area (TPSA) is 68.4 Å². The highest BCUT2D eigenvalue weighted by molar-refractivity contribution is 6.32. The molecule has 0 fully saturated rings. The number of amides is 1. The Kier molecular flexibility index (Phi) is 6.51. The number of hydrogen-bond acceptors (Lipinski definition) is 4. The minimum absolute atomic E-state index is 0.320. The van der Waals surface area contributed by atoms with E-state index in [1.165, 1.54) is 0 Å². The summed E-state index contributed by atoms with van der Waals surface area (Å²) in [7, 11) is 1.60. The second-order valence-corrected chi connectivity index (χ2v) is 4.94. The maximum atomic E-state index is 11.3. The van der Waals surface area contributed by atoms with Crippen LogP contribution in [0.1, 0.15) is 12.5 Å². The largest absolute Gasteiger partial charge is 0.383 e. The smallest absolute Gasteiger partial charge is 0.234 e. The second-order valence-electron chi connectivity index (χ2n) is 4.16. The van der Waals surface area contributed by atoms with Crippen molar-refractivity contribution in [2.45, 2.75) is 19.5 Å². The van der Waals surface area contributed by atoms with Gasteiger partial charge < -0.3 is 10.5 Å². The van der Waals surface area contributed by atoms with Crippen LogP contribution < -0.4 is 5.73 Å². The average molecular weight is 306 g/mol. The van der Waals surface area contributed by atoms with Crippen LogP contribution >= 0.6 is 23.2 Å². The lowest BCUT2D eigenvalue weighted by Gasteiger charge is -2.26. The summed E-state index contributed by atoms with van der Waals surface area (Å²) in [6, 6.07) is 3.02. The molecule has 2 N–H and O–H groups in total. The Morgan fingerprint density at radius 2 is 2.05 bits per heavy atom. The van der Waals surface area contributed by atoms with Crippen LogP contribution in [-0.4, -0.2) is 42.1 Å². The van der Waals surface area contributed by atoms with Crippen molar-refractivity contribution >= 4 is 29.1 Å². The zero-order valence-electron chi connectivity index (χ0n) is 10.9. The highest BCUT2D eigenvalue weighted by Crippen LogP contribution is 2.17. The molecule has 7 heteroatoms. The number of aromatic nitrogens is 1. The first-order valence-corrected chi connectivity index (χ1v) is 6.54. The van der Waals surface area contributed by atoms with Crippen molar-refractivity contribution in [3.05, 3.63) is 28.0 Å². The number of pyridine rings is 1. The van der Waals surface area contributed by atoms with Crippen molar-refractivity contribution in [3.8, 4) is 0 Å². The number of primary amides is 1. The highest BCUT2D eigenvalue weighted by Gasteiger charge is 2.19. The average Bonchev–Trinajstić information content (AvgIpc) is 2.32. The van der Waals surface area contributed by atoms with Gasteiger partial charge in [0, 0.05) is 20.2 Å². The molecule has 1 aromatic heterocycles. The molecule has 0 saturated carbocycles. The molecule has 1 atom stereocenters. The van der Waals surface area contributed by atoms with Gasteiger partial charge in [0.25, 0.3) is 0 Å². The molecule has 19 heavy (non-hydrogen) atoms. The quantitative estimate of drug-likeness (QED) is 0.779. The van der Waals surface area contributed by atoms with Gasteiger partial charge in [-0.1, -0.05) is 23.2 Å². The van der Waals surface area contributed by atoms with Crippen molar-refractivity contribution in [2.75, 3.05) is 20.3 Å². The predicted molar refractivity (Wildman–Crippen MR) is 75.2 cm³/mol. The Labute approximate surface area is 122 Å². The summed E-state index contributed by atoms with van der Waals surface area (Å²) in [5.41, 5.74) is 6.21. The van der Waals surface area contributed by atoms with Crippen molar-refractivity contribution in [1.29, 1.82) is 0 Å². The zero-order chi connectivity index (χ0) is 14.4. The molecule has 0 aliphatic heterocycles. The van der Waals surface area contributed by atoms with Gasteiger partial charge in [-0.3, -0.25) is 9.69 Å². The summed E-state index contributed by atoms with van der Waals surface area (Å²) < 4.78 is 5.03. The molecule has 0 saturated heterocycles. The predicted octanol–water partition coefficient (Wildman–Crippen LogP) is 1.71. The van der Waals surface area contributed by atoms with Gasteiger partial charge in [-0.25, -0.2) is 4.98 Å². The van der Waals surface area contributed by atoms with Gasteiger partial charge in [-0.2, -0.15) is 0 Å². The first kappa shape index (κ1) is 16.2. The molecule has 0 aliphatic rings. The Morgan fingerprint density at radius 3 is 2.53 bits per heavy atom. The third kappa shape index (κ3) is 5.32. The van der Waals surface area contributed by atoms with E-state index in [-0.39, 0.29) is 5.91 Å². The molecule has 1 amide bonds. The summed E-state index contributed by atoms with van der Waals surface area (Å²) >= 11 is 11.7. The van der Waals surface area contributed by atoms with Crippen LogP contribution in [0.25, 0.3) is 0 Å². The number of methoxy groups -OCH3 is 1. The maximum absolute atomic E-state index is 11.3. The minimum atomic E-state index is -0.402. The molecule has 1 aromatic rings. The Bertz CT molecular complexity index is 423. The molecule has 0 radical (unpaired) electrons. The third-order valence-electron chi connectivity index (χ3n) is 2.75. The van der Waals surface area contributed by atoms with Gasteiger partial charge in [0.05, 0.1) is 12.6 Å². The van der Waals surface area contributed by atoms with Crippen molar-refractivity contribution in [2.24, 2.45) is 5.73 Å². The van der Waals surface area contributed by atoms with E-state index in [4.69, 9.17) is 33.7 Å². The van der Waals surface area contributed by atoms with E-state index in [0.29, 0.717) is 30.0 Å². The van der Waals surface area contributed by atoms with E-state index in [0.717, 1.165) is 5.56 Å². The number of rotatable bonds is 7. The summed E-state index contributed by atoms with van der Waals surface area (Å²) in [6.07, 6.45) is 0. The van der Waals surface area contributed by atoms with E-state index in [1.54, 1.807) is 26.2 Å². The zero-order valence-corrected chi connectivity index (χ0v) is 12.4. The molecule has 0 bridgehead atoms. The molecule has 0 unspecified atom stereocenters. The Morgan fingerprint density at radius 1 is 1.47 bits per heavy atom. The van der Waals surface area contributed by atoms with Gasteiger partial charge in [-0.15, -0.1) is 0 Å². The van der Waals surface area contributed by atoms with Crippen molar-refractivity contribution in [3.63, 3.8) is 0 Å². The molecule has 0 aromatic carbocycles. The Balaban J connectivity index is 2.83. The van der Waals surface area contributed by atoms with Crippen LogP contribution in [0.2, 0.25) is 10.3 Å². The Hall–Kier alpha value is -0.880. The minimum Gasteiger partial charge on any atom is -0.383 e. The molecule has 1 heterocycles. The molecule has 0 spiro atoms. The molecule has 1 rings (SSSR count). The lowest BCUT2D eigenvalue weighted by Crippen LogP contribution is -2.43.